The number of carboxylic acid groups (broad SMARTS) is 1. The van der Waals surface area contributed by atoms with Gasteiger partial charge in [0, 0.05) is 35.6 Å². The van der Waals surface area contributed by atoms with Gasteiger partial charge in [0.25, 0.3) is 0 Å². The summed E-state index contributed by atoms with van der Waals surface area (Å²) >= 11 is 3.31. The summed E-state index contributed by atoms with van der Waals surface area (Å²) in [5.41, 5.74) is 1.33. The molecule has 1 aliphatic heterocycles. The van der Waals surface area contributed by atoms with Gasteiger partial charge in [0.1, 0.15) is 23.6 Å². The Bertz CT molecular complexity index is 1670. The Morgan fingerprint density at radius 3 is 2.38 bits per heavy atom. The van der Waals surface area contributed by atoms with Crippen molar-refractivity contribution in [2.24, 2.45) is 0 Å². The molecular formula is C32H35BrF3N5O6. The Kier molecular flexibility index (Phi) is 10.6. The maximum absolute atomic E-state index is 13.4. The Labute approximate surface area is 278 Å². The van der Waals surface area contributed by atoms with Crippen LogP contribution in [0, 0.1) is 11.3 Å². The first-order chi connectivity index (χ1) is 21.9. The molecule has 2 N–H and O–H groups in total. The number of rotatable bonds is 9. The van der Waals surface area contributed by atoms with E-state index in [1.807, 2.05) is 6.92 Å². The van der Waals surface area contributed by atoms with Gasteiger partial charge in [-0.1, -0.05) is 18.2 Å². The Morgan fingerprint density at radius 2 is 1.81 bits per heavy atom. The smallest absolute Gasteiger partial charge is 0.477 e. The van der Waals surface area contributed by atoms with Crippen molar-refractivity contribution in [3.63, 3.8) is 0 Å². The first-order valence-electron chi connectivity index (χ1n) is 14.7. The van der Waals surface area contributed by atoms with E-state index in [2.05, 4.69) is 31.8 Å². The van der Waals surface area contributed by atoms with Crippen molar-refractivity contribution in [2.45, 2.75) is 84.4 Å². The van der Waals surface area contributed by atoms with Crippen molar-refractivity contribution in [1.29, 1.82) is 5.26 Å². The first kappa shape index (κ1) is 35.7. The van der Waals surface area contributed by atoms with Crippen LogP contribution in [0.2, 0.25) is 0 Å². The maximum Gasteiger partial charge on any atom is 0.573 e. The minimum absolute atomic E-state index is 0.0390. The van der Waals surface area contributed by atoms with Gasteiger partial charge in [0.15, 0.2) is 5.69 Å². The fraction of sp³-hybridized carbons (Fsp3) is 0.438. The Morgan fingerprint density at radius 1 is 1.17 bits per heavy atom. The van der Waals surface area contributed by atoms with E-state index in [9.17, 15) is 38.2 Å². The molecule has 0 fully saturated rings. The summed E-state index contributed by atoms with van der Waals surface area (Å²) in [6, 6.07) is 11.2. The number of carbonyl (C=O) groups excluding carboxylic acids is 1. The lowest BCUT2D eigenvalue weighted by atomic mass is 9.97. The second kappa shape index (κ2) is 13.9. The third kappa shape index (κ3) is 8.62. The number of hydrogen-bond acceptors (Lipinski definition) is 8. The second-order valence-electron chi connectivity index (χ2n) is 12.2. The van der Waals surface area contributed by atoms with Crippen molar-refractivity contribution in [2.75, 3.05) is 6.54 Å². The van der Waals surface area contributed by atoms with Crippen LogP contribution in [-0.2, 0) is 24.2 Å². The fourth-order valence-electron chi connectivity index (χ4n) is 5.42. The lowest BCUT2D eigenvalue weighted by Crippen LogP contribution is -2.41. The van der Waals surface area contributed by atoms with Crippen LogP contribution < -0.4 is 4.74 Å². The van der Waals surface area contributed by atoms with Crippen LogP contribution in [0.1, 0.15) is 85.3 Å². The average Bonchev–Trinajstić information content (AvgIpc) is 3.32. The van der Waals surface area contributed by atoms with Gasteiger partial charge in [-0.2, -0.15) is 10.4 Å². The van der Waals surface area contributed by atoms with E-state index in [0.29, 0.717) is 38.8 Å². The topological polar surface area (TPSA) is 141 Å². The summed E-state index contributed by atoms with van der Waals surface area (Å²) in [7, 11) is 0. The van der Waals surface area contributed by atoms with Gasteiger partial charge in [0.05, 0.1) is 23.8 Å². The summed E-state index contributed by atoms with van der Waals surface area (Å²) < 4.78 is 49.4. The molecule has 1 unspecified atom stereocenters. The lowest BCUT2D eigenvalue weighted by molar-refractivity contribution is -0.274. The molecule has 0 bridgehead atoms. The van der Waals surface area contributed by atoms with Crippen LogP contribution in [0.15, 0.2) is 46.9 Å². The number of ether oxygens (including phenoxy) is 2. The zero-order valence-corrected chi connectivity index (χ0v) is 28.0. The number of fused-ring (bicyclic) bond motifs is 1. The van der Waals surface area contributed by atoms with Crippen LogP contribution in [0.4, 0.5) is 18.0 Å². The number of alkyl halides is 3. The normalized spacial score (nSPS) is 16.5. The first-order valence-corrected chi connectivity index (χ1v) is 15.5. The minimum Gasteiger partial charge on any atom is -0.477 e. The third-order valence-electron chi connectivity index (χ3n) is 7.70. The molecular weight excluding hydrogens is 687 g/mol. The zero-order chi connectivity index (χ0) is 34.8. The average molecular weight is 723 g/mol. The Balaban J connectivity index is 1.61. The second-order valence-corrected chi connectivity index (χ2v) is 13.1. The molecule has 2 aromatic carbocycles. The van der Waals surface area contributed by atoms with E-state index < -0.39 is 42.0 Å². The highest BCUT2D eigenvalue weighted by atomic mass is 79.9. The number of carboxylic acids is 1. The third-order valence-corrected chi connectivity index (χ3v) is 8.39. The number of nitriles is 1. The molecule has 1 aliphatic rings. The molecule has 0 radical (unpaired) electrons. The van der Waals surface area contributed by atoms with E-state index in [0.717, 1.165) is 12.1 Å². The molecule has 15 heteroatoms. The quantitative estimate of drug-likeness (QED) is 0.252. The number of nitrogens with zero attached hydrogens (tertiary/aromatic N) is 5. The van der Waals surface area contributed by atoms with Gasteiger partial charge >= 0.3 is 18.4 Å². The zero-order valence-electron chi connectivity index (χ0n) is 26.4. The molecule has 11 nitrogen and oxygen atoms in total. The summed E-state index contributed by atoms with van der Waals surface area (Å²) in [4.78, 5) is 29.0. The van der Waals surface area contributed by atoms with Crippen LogP contribution in [0.3, 0.4) is 0 Å². The molecule has 1 amide bonds. The molecule has 3 atom stereocenters. The maximum atomic E-state index is 13.4. The molecule has 3 aromatic rings. The summed E-state index contributed by atoms with van der Waals surface area (Å²) in [6.07, 6.45) is -6.35. The van der Waals surface area contributed by atoms with Gasteiger partial charge in [-0.15, -0.1) is 13.2 Å². The molecule has 2 heterocycles. The van der Waals surface area contributed by atoms with Crippen molar-refractivity contribution in [1.82, 2.24) is 19.6 Å². The number of hydrogen-bond donors (Lipinski definition) is 2. The predicted molar refractivity (Wildman–Crippen MR) is 166 cm³/mol. The van der Waals surface area contributed by atoms with E-state index in [1.54, 1.807) is 50.8 Å². The van der Waals surface area contributed by atoms with Crippen molar-refractivity contribution >= 4 is 28.0 Å². The molecule has 0 saturated heterocycles. The lowest BCUT2D eigenvalue weighted by Gasteiger charge is -2.36. The number of aliphatic hydroxyl groups is 1. The SMILES string of the molecule is C[C@@H]1Cc2nn(CCN(C(=O)OC(C)(C)C)[C@@H](C)c3ccc(OC(F)(F)F)cc3)c(C(=O)O)c2CN1C(O)c1ccc(Br)c(C#N)c1. The fourth-order valence-corrected chi connectivity index (χ4v) is 5.75. The van der Waals surface area contributed by atoms with Crippen LogP contribution >= 0.6 is 15.9 Å². The van der Waals surface area contributed by atoms with Gasteiger partial charge < -0.3 is 19.7 Å². The van der Waals surface area contributed by atoms with E-state index in [1.165, 1.54) is 21.7 Å². The standard InChI is InChI=1S/C32H35BrF3N5O6/c1-18-14-26-24(17-40(18)28(42)21-8-11-25(33)22(15-21)16-37)27(29(43)44)41(38-26)13-12-39(30(45)47-31(3,4)5)19(2)20-6-9-23(10-7-20)46-32(34,35)36/h6-11,15,18-19,28,42H,12-14,17H2,1-5H3,(H,43,44)/t18-,19+,28?/m1/s1. The van der Waals surface area contributed by atoms with E-state index >= 15 is 0 Å². The highest BCUT2D eigenvalue weighted by Gasteiger charge is 2.36. The van der Waals surface area contributed by atoms with Crippen LogP contribution in [-0.4, -0.2) is 66.4 Å². The van der Waals surface area contributed by atoms with Gasteiger partial charge in [-0.05, 0) is 85.9 Å². The van der Waals surface area contributed by atoms with Crippen molar-refractivity contribution < 1.29 is 42.4 Å². The Hall–Kier alpha value is -4.13. The summed E-state index contributed by atoms with van der Waals surface area (Å²) in [6.45, 7) is 8.62. The molecule has 47 heavy (non-hydrogen) atoms. The van der Waals surface area contributed by atoms with Crippen LogP contribution in [0.5, 0.6) is 5.75 Å². The van der Waals surface area contributed by atoms with Gasteiger partial charge in [-0.25, -0.2) is 9.59 Å². The van der Waals surface area contributed by atoms with E-state index in [4.69, 9.17) is 4.74 Å². The van der Waals surface area contributed by atoms with Crippen molar-refractivity contribution in [3.05, 3.63) is 80.6 Å². The molecule has 4 rings (SSSR count). The molecule has 0 saturated carbocycles. The van der Waals surface area contributed by atoms with Gasteiger partial charge in [-0.3, -0.25) is 14.5 Å². The number of aliphatic hydroxyl groups excluding tert-OH is 1. The largest absolute Gasteiger partial charge is 0.573 e. The molecule has 0 aliphatic carbocycles. The number of halogens is 4. The highest BCUT2D eigenvalue weighted by Crippen LogP contribution is 2.33. The van der Waals surface area contributed by atoms with Crippen molar-refractivity contribution in [3.8, 4) is 11.8 Å². The molecule has 0 spiro atoms. The predicted octanol–water partition coefficient (Wildman–Crippen LogP) is 6.55. The van der Waals surface area contributed by atoms with Crippen LogP contribution in [0.25, 0.3) is 0 Å². The molecule has 1 aromatic heterocycles. The molecule has 252 valence electrons. The monoisotopic (exact) mass is 721 g/mol. The highest BCUT2D eigenvalue weighted by molar-refractivity contribution is 9.10. The number of benzene rings is 2. The van der Waals surface area contributed by atoms with E-state index in [-0.39, 0.29) is 31.4 Å². The number of aromatic carboxylic acids is 1. The summed E-state index contributed by atoms with van der Waals surface area (Å²) in [5.74, 6) is -1.65. The number of amides is 1. The summed E-state index contributed by atoms with van der Waals surface area (Å²) in [5, 5.41) is 35.5. The number of carbonyl (C=O) groups is 2. The number of aromatic nitrogens is 2. The van der Waals surface area contributed by atoms with Gasteiger partial charge in [0.2, 0.25) is 0 Å². The minimum atomic E-state index is -4.85.